The summed E-state index contributed by atoms with van der Waals surface area (Å²) >= 11 is 3.27. The normalized spacial score (nSPS) is 18.4. The SMILES string of the molecule is O=C(Nc1ccccc1C(F)(F)F)c1cc2n(n1)[C@H](C(F)(F)F)C[C@H](c1ccc(Br)cc1)N2. The van der Waals surface area contributed by atoms with Crippen LogP contribution in [0.15, 0.2) is 59.1 Å². The summed E-state index contributed by atoms with van der Waals surface area (Å²) in [6, 6.07) is 9.39. The number of halogens is 7. The number of fused-ring (bicyclic) bond motifs is 1. The Morgan fingerprint density at radius 3 is 2.36 bits per heavy atom. The predicted octanol–water partition coefficient (Wildman–Crippen LogP) is 6.58. The fraction of sp³-hybridized carbons (Fsp3) is 0.238. The van der Waals surface area contributed by atoms with Crippen molar-refractivity contribution in [3.63, 3.8) is 0 Å². The Kier molecular flexibility index (Phi) is 5.89. The van der Waals surface area contributed by atoms with Crippen molar-refractivity contribution >= 4 is 33.3 Å². The lowest BCUT2D eigenvalue weighted by atomic mass is 9.97. The molecule has 0 spiro atoms. The largest absolute Gasteiger partial charge is 0.418 e. The number of nitrogens with one attached hydrogen (secondary N) is 2. The first-order valence-corrected chi connectivity index (χ1v) is 10.4. The molecule has 33 heavy (non-hydrogen) atoms. The maximum Gasteiger partial charge on any atom is 0.418 e. The van der Waals surface area contributed by atoms with Crippen molar-refractivity contribution in [1.82, 2.24) is 9.78 Å². The molecule has 174 valence electrons. The second-order valence-electron chi connectivity index (χ2n) is 7.40. The van der Waals surface area contributed by atoms with E-state index < -0.39 is 47.3 Å². The molecule has 2 heterocycles. The standard InChI is InChI=1S/C21H15BrF6N4O/c22-12-7-5-11(6-8-12)15-9-17(21(26,27)28)32-18(29-15)10-16(31-32)19(33)30-14-4-2-1-3-13(14)20(23,24)25/h1-8,10,15,17,29H,9H2,(H,30,33)/t15-,17+/m1/s1. The van der Waals surface area contributed by atoms with E-state index in [0.29, 0.717) is 10.2 Å². The number of hydrogen-bond donors (Lipinski definition) is 2. The molecule has 5 nitrogen and oxygen atoms in total. The Labute approximate surface area is 191 Å². The Bertz CT molecular complexity index is 1170. The maximum absolute atomic E-state index is 13.8. The summed E-state index contributed by atoms with van der Waals surface area (Å²) in [7, 11) is 0. The number of nitrogens with zero attached hydrogens (tertiary/aromatic N) is 2. The Hall–Kier alpha value is -3.02. The molecule has 1 aliphatic heterocycles. The summed E-state index contributed by atoms with van der Waals surface area (Å²) in [5.74, 6) is -1.12. The molecule has 1 aliphatic rings. The number of aromatic nitrogens is 2. The fourth-order valence-corrected chi connectivity index (χ4v) is 3.89. The van der Waals surface area contributed by atoms with Crippen molar-refractivity contribution in [1.29, 1.82) is 0 Å². The zero-order valence-corrected chi connectivity index (χ0v) is 18.1. The van der Waals surface area contributed by atoms with Crippen LogP contribution in [0.3, 0.4) is 0 Å². The van der Waals surface area contributed by atoms with E-state index in [0.717, 1.165) is 28.7 Å². The van der Waals surface area contributed by atoms with E-state index in [-0.39, 0.29) is 12.2 Å². The van der Waals surface area contributed by atoms with Crippen LogP contribution >= 0.6 is 15.9 Å². The van der Waals surface area contributed by atoms with Crippen LogP contribution in [0.5, 0.6) is 0 Å². The molecule has 0 aliphatic carbocycles. The van der Waals surface area contributed by atoms with E-state index in [1.165, 1.54) is 6.07 Å². The van der Waals surface area contributed by atoms with Gasteiger partial charge >= 0.3 is 12.4 Å². The van der Waals surface area contributed by atoms with E-state index in [1.54, 1.807) is 24.3 Å². The molecule has 0 saturated carbocycles. The number of hydrogen-bond acceptors (Lipinski definition) is 3. The lowest BCUT2D eigenvalue weighted by molar-refractivity contribution is -0.173. The Morgan fingerprint density at radius 1 is 1.06 bits per heavy atom. The number of carbonyl (C=O) groups excluding carboxylic acids is 1. The third-order valence-electron chi connectivity index (χ3n) is 5.18. The number of amides is 1. The molecule has 2 N–H and O–H groups in total. The summed E-state index contributed by atoms with van der Waals surface area (Å²) in [5.41, 5.74) is -1.44. The average molecular weight is 533 g/mol. The van der Waals surface area contributed by atoms with Gasteiger partial charge in [-0.1, -0.05) is 40.2 Å². The van der Waals surface area contributed by atoms with Crippen molar-refractivity contribution in [2.45, 2.75) is 30.9 Å². The van der Waals surface area contributed by atoms with Gasteiger partial charge in [-0.2, -0.15) is 31.4 Å². The van der Waals surface area contributed by atoms with Gasteiger partial charge in [0.2, 0.25) is 0 Å². The summed E-state index contributed by atoms with van der Waals surface area (Å²) in [5, 5.41) is 8.79. The van der Waals surface area contributed by atoms with Crippen LogP contribution in [-0.4, -0.2) is 21.9 Å². The van der Waals surface area contributed by atoms with E-state index in [1.807, 2.05) is 0 Å². The molecule has 0 radical (unpaired) electrons. The fourth-order valence-electron chi connectivity index (χ4n) is 3.62. The molecular formula is C21H15BrF6N4O. The lowest BCUT2D eigenvalue weighted by Crippen LogP contribution is -2.35. The number of para-hydroxylation sites is 1. The smallest absolute Gasteiger partial charge is 0.363 e. The van der Waals surface area contributed by atoms with Crippen molar-refractivity contribution < 1.29 is 31.1 Å². The van der Waals surface area contributed by atoms with Crippen molar-refractivity contribution in [2.75, 3.05) is 10.6 Å². The van der Waals surface area contributed by atoms with Gasteiger partial charge in [-0.25, -0.2) is 4.68 Å². The number of anilines is 2. The van der Waals surface area contributed by atoms with E-state index in [9.17, 15) is 31.1 Å². The quantitative estimate of drug-likeness (QED) is 0.375. The number of carbonyl (C=O) groups is 1. The van der Waals surface area contributed by atoms with Crippen LogP contribution in [-0.2, 0) is 6.18 Å². The van der Waals surface area contributed by atoms with Gasteiger partial charge < -0.3 is 10.6 Å². The highest BCUT2D eigenvalue weighted by Crippen LogP contribution is 2.44. The summed E-state index contributed by atoms with van der Waals surface area (Å²) in [4.78, 5) is 12.6. The highest BCUT2D eigenvalue weighted by Gasteiger charge is 2.47. The topological polar surface area (TPSA) is 59.0 Å². The molecule has 0 bridgehead atoms. The van der Waals surface area contributed by atoms with Gasteiger partial charge in [-0.3, -0.25) is 4.79 Å². The maximum atomic E-state index is 13.8. The van der Waals surface area contributed by atoms with Crippen LogP contribution in [0.2, 0.25) is 0 Å². The number of alkyl halides is 6. The zero-order valence-electron chi connectivity index (χ0n) is 16.5. The van der Waals surface area contributed by atoms with Gasteiger partial charge in [0.25, 0.3) is 5.91 Å². The van der Waals surface area contributed by atoms with Crippen LogP contribution in [0.4, 0.5) is 37.8 Å². The second-order valence-corrected chi connectivity index (χ2v) is 8.31. The molecule has 4 rings (SSSR count). The minimum absolute atomic E-state index is 0.0641. The molecular weight excluding hydrogens is 518 g/mol. The first-order chi connectivity index (χ1) is 15.4. The van der Waals surface area contributed by atoms with Crippen LogP contribution in [0, 0.1) is 0 Å². The third-order valence-corrected chi connectivity index (χ3v) is 5.70. The molecule has 1 aromatic heterocycles. The molecule has 3 aromatic rings. The second kappa shape index (κ2) is 8.40. The van der Waals surface area contributed by atoms with Gasteiger partial charge in [0.05, 0.1) is 17.3 Å². The first-order valence-electron chi connectivity index (χ1n) is 9.59. The van der Waals surface area contributed by atoms with Gasteiger partial charge in [-0.05, 0) is 29.8 Å². The van der Waals surface area contributed by atoms with E-state index in [4.69, 9.17) is 0 Å². The zero-order chi connectivity index (χ0) is 24.0. The monoisotopic (exact) mass is 532 g/mol. The third kappa shape index (κ3) is 4.85. The highest BCUT2D eigenvalue weighted by molar-refractivity contribution is 9.10. The Balaban J connectivity index is 1.65. The molecule has 0 saturated heterocycles. The van der Waals surface area contributed by atoms with Crippen molar-refractivity contribution in [3.8, 4) is 0 Å². The number of benzene rings is 2. The first kappa shape index (κ1) is 23.1. The van der Waals surface area contributed by atoms with Gasteiger partial charge in [-0.15, -0.1) is 0 Å². The molecule has 1 amide bonds. The lowest BCUT2D eigenvalue weighted by Gasteiger charge is -2.33. The molecule has 12 heteroatoms. The van der Waals surface area contributed by atoms with Crippen molar-refractivity contribution in [2.24, 2.45) is 0 Å². The minimum atomic E-state index is -4.72. The van der Waals surface area contributed by atoms with Gasteiger partial charge in [0.15, 0.2) is 11.7 Å². The van der Waals surface area contributed by atoms with Gasteiger partial charge in [0, 0.05) is 17.0 Å². The van der Waals surface area contributed by atoms with Crippen LogP contribution in [0.1, 0.15) is 40.1 Å². The van der Waals surface area contributed by atoms with Crippen molar-refractivity contribution in [3.05, 3.63) is 75.9 Å². The predicted molar refractivity (Wildman–Crippen MR) is 112 cm³/mol. The highest BCUT2D eigenvalue weighted by atomic mass is 79.9. The summed E-state index contributed by atoms with van der Waals surface area (Å²) in [6.07, 6.45) is -9.76. The molecule has 2 aromatic carbocycles. The van der Waals surface area contributed by atoms with Gasteiger partial charge in [0.1, 0.15) is 5.82 Å². The molecule has 0 fully saturated rings. The summed E-state index contributed by atoms with van der Waals surface area (Å²) in [6.45, 7) is 0. The number of rotatable bonds is 3. The minimum Gasteiger partial charge on any atom is -0.363 e. The van der Waals surface area contributed by atoms with Crippen LogP contribution in [0.25, 0.3) is 0 Å². The van der Waals surface area contributed by atoms with Crippen LogP contribution < -0.4 is 10.6 Å². The molecule has 2 atom stereocenters. The Morgan fingerprint density at radius 2 is 1.73 bits per heavy atom. The average Bonchev–Trinajstić information content (AvgIpc) is 3.17. The summed E-state index contributed by atoms with van der Waals surface area (Å²) < 4.78 is 82.4. The van der Waals surface area contributed by atoms with E-state index >= 15 is 0 Å². The molecule has 0 unspecified atom stereocenters. The van der Waals surface area contributed by atoms with E-state index in [2.05, 4.69) is 31.7 Å².